The fourth-order valence-corrected chi connectivity index (χ4v) is 5.00. The molecule has 0 aromatic heterocycles. The first-order chi connectivity index (χ1) is 12.2. The van der Waals surface area contributed by atoms with Crippen molar-refractivity contribution in [2.45, 2.75) is 59.5 Å². The monoisotopic (exact) mass is 354 g/mol. The number of esters is 1. The van der Waals surface area contributed by atoms with Gasteiger partial charge in [-0.1, -0.05) is 20.8 Å². The highest BCUT2D eigenvalue weighted by atomic mass is 16.5. The Bertz CT molecular complexity index is 796. The van der Waals surface area contributed by atoms with Gasteiger partial charge in [0, 0.05) is 11.1 Å². The number of amides is 1. The van der Waals surface area contributed by atoms with Crippen LogP contribution in [0.4, 0.5) is 5.69 Å². The quantitative estimate of drug-likeness (QED) is 0.766. The minimum absolute atomic E-state index is 0.0177. The zero-order valence-electron chi connectivity index (χ0n) is 15.9. The summed E-state index contributed by atoms with van der Waals surface area (Å²) in [7, 11) is 0. The molecule has 1 aromatic rings. The Labute approximate surface area is 154 Å². The lowest BCUT2D eigenvalue weighted by Gasteiger charge is -2.38. The second-order valence-corrected chi connectivity index (χ2v) is 8.77. The van der Waals surface area contributed by atoms with Crippen LogP contribution in [0.1, 0.15) is 63.7 Å². The second-order valence-electron chi connectivity index (χ2n) is 8.77. The SMILES string of the molecule is CC1=NN(c2ccc(C(=O)O[C@@H]3CC4CCC3(C)C4(C)C)cc2)C(=O)C1. The topological polar surface area (TPSA) is 59.0 Å². The highest BCUT2D eigenvalue weighted by Crippen LogP contribution is 2.66. The Morgan fingerprint density at radius 2 is 1.92 bits per heavy atom. The van der Waals surface area contributed by atoms with Crippen LogP contribution < -0.4 is 5.01 Å². The molecular weight excluding hydrogens is 328 g/mol. The fourth-order valence-electron chi connectivity index (χ4n) is 5.00. The smallest absolute Gasteiger partial charge is 0.338 e. The highest BCUT2D eigenvalue weighted by Gasteiger charge is 2.62. The van der Waals surface area contributed by atoms with Crippen molar-refractivity contribution in [1.82, 2.24) is 0 Å². The van der Waals surface area contributed by atoms with Crippen LogP contribution in [0.2, 0.25) is 0 Å². The number of hydrogen-bond acceptors (Lipinski definition) is 4. The summed E-state index contributed by atoms with van der Waals surface area (Å²) in [6.07, 6.45) is 3.65. The van der Waals surface area contributed by atoms with Crippen LogP contribution in [0.15, 0.2) is 29.4 Å². The molecule has 4 rings (SSSR count). The van der Waals surface area contributed by atoms with E-state index < -0.39 is 0 Å². The Morgan fingerprint density at radius 3 is 2.42 bits per heavy atom. The molecule has 3 aliphatic rings. The maximum absolute atomic E-state index is 12.6. The van der Waals surface area contributed by atoms with E-state index >= 15 is 0 Å². The molecule has 0 N–H and O–H groups in total. The van der Waals surface area contributed by atoms with E-state index in [-0.39, 0.29) is 28.8 Å². The molecule has 3 atom stereocenters. The molecule has 1 amide bonds. The predicted octanol–water partition coefficient (Wildman–Crippen LogP) is 4.17. The number of ether oxygens (including phenoxy) is 1. The normalized spacial score (nSPS) is 32.1. The molecule has 0 saturated heterocycles. The molecule has 2 aliphatic carbocycles. The number of carbonyl (C=O) groups is 2. The van der Waals surface area contributed by atoms with Crippen LogP contribution in [-0.2, 0) is 9.53 Å². The van der Waals surface area contributed by atoms with E-state index in [1.54, 1.807) is 24.3 Å². The van der Waals surface area contributed by atoms with E-state index in [0.29, 0.717) is 23.6 Å². The largest absolute Gasteiger partial charge is 0.458 e. The van der Waals surface area contributed by atoms with Gasteiger partial charge in [0.25, 0.3) is 5.91 Å². The summed E-state index contributed by atoms with van der Waals surface area (Å²) in [4.78, 5) is 24.6. The maximum atomic E-state index is 12.6. The number of anilines is 1. The Morgan fingerprint density at radius 1 is 1.23 bits per heavy atom. The third-order valence-corrected chi connectivity index (χ3v) is 7.22. The summed E-state index contributed by atoms with van der Waals surface area (Å²) >= 11 is 0. The van der Waals surface area contributed by atoms with Gasteiger partial charge in [-0.15, -0.1) is 0 Å². The van der Waals surface area contributed by atoms with Crippen molar-refractivity contribution in [2.24, 2.45) is 21.8 Å². The van der Waals surface area contributed by atoms with Crippen molar-refractivity contribution >= 4 is 23.3 Å². The molecule has 0 spiro atoms. The summed E-state index contributed by atoms with van der Waals surface area (Å²) in [5, 5.41) is 5.63. The molecule has 5 heteroatoms. The van der Waals surface area contributed by atoms with Crippen LogP contribution in [0, 0.1) is 16.7 Å². The first kappa shape index (κ1) is 17.3. The summed E-state index contributed by atoms with van der Waals surface area (Å²) in [6, 6.07) is 6.94. The fraction of sp³-hybridized carbons (Fsp3) is 0.571. The number of hydrazone groups is 1. The van der Waals surface area contributed by atoms with E-state index in [0.717, 1.165) is 18.6 Å². The van der Waals surface area contributed by atoms with Crippen molar-refractivity contribution in [3.8, 4) is 0 Å². The van der Waals surface area contributed by atoms with E-state index in [1.807, 2.05) is 6.92 Å². The summed E-state index contributed by atoms with van der Waals surface area (Å²) < 4.78 is 5.93. The van der Waals surface area contributed by atoms with E-state index in [9.17, 15) is 9.59 Å². The van der Waals surface area contributed by atoms with Crippen molar-refractivity contribution in [3.05, 3.63) is 29.8 Å². The van der Waals surface area contributed by atoms with Gasteiger partial charge in [-0.05, 0) is 61.8 Å². The standard InChI is InChI=1S/C21H26N2O3/c1-13-11-18(24)23(22-13)16-7-5-14(6-8-16)19(25)26-17-12-15-9-10-21(17,4)20(15,2)3/h5-8,15,17H,9-12H2,1-4H3/t15?,17-,21?/m1/s1. The van der Waals surface area contributed by atoms with E-state index in [4.69, 9.17) is 4.74 Å². The van der Waals surface area contributed by atoms with Crippen LogP contribution >= 0.6 is 0 Å². The predicted molar refractivity (Wildman–Crippen MR) is 100 cm³/mol. The van der Waals surface area contributed by atoms with Crippen molar-refractivity contribution < 1.29 is 14.3 Å². The van der Waals surface area contributed by atoms with Crippen LogP contribution in [0.25, 0.3) is 0 Å². The van der Waals surface area contributed by atoms with Gasteiger partial charge in [0.2, 0.25) is 0 Å². The zero-order valence-corrected chi connectivity index (χ0v) is 15.9. The molecule has 2 fully saturated rings. The third kappa shape index (κ3) is 2.40. The second kappa shape index (κ2) is 5.66. The molecule has 2 saturated carbocycles. The molecule has 138 valence electrons. The third-order valence-electron chi connectivity index (χ3n) is 7.22. The van der Waals surface area contributed by atoms with Gasteiger partial charge in [0.15, 0.2) is 0 Å². The van der Waals surface area contributed by atoms with Crippen LogP contribution in [-0.4, -0.2) is 23.7 Å². The average molecular weight is 354 g/mol. The molecule has 1 heterocycles. The first-order valence-electron chi connectivity index (χ1n) is 9.40. The Kier molecular flexibility index (Phi) is 3.76. The lowest BCUT2D eigenvalue weighted by atomic mass is 9.70. The number of fused-ring (bicyclic) bond motifs is 2. The molecule has 1 aliphatic heterocycles. The number of carbonyl (C=O) groups excluding carboxylic acids is 2. The minimum Gasteiger partial charge on any atom is -0.458 e. The summed E-state index contributed by atoms with van der Waals surface area (Å²) in [5.74, 6) is 0.309. The van der Waals surface area contributed by atoms with Crippen molar-refractivity contribution in [1.29, 1.82) is 0 Å². The number of hydrogen-bond donors (Lipinski definition) is 0. The number of benzene rings is 1. The van der Waals surface area contributed by atoms with Gasteiger partial charge in [-0.25, -0.2) is 9.80 Å². The van der Waals surface area contributed by atoms with Gasteiger partial charge in [-0.3, -0.25) is 4.79 Å². The van der Waals surface area contributed by atoms with Gasteiger partial charge in [-0.2, -0.15) is 5.10 Å². The molecule has 0 radical (unpaired) electrons. The molecular formula is C21H26N2O3. The number of nitrogens with zero attached hydrogens (tertiary/aromatic N) is 2. The van der Waals surface area contributed by atoms with Gasteiger partial charge in [0.05, 0.1) is 17.7 Å². The molecule has 5 nitrogen and oxygen atoms in total. The lowest BCUT2D eigenvalue weighted by molar-refractivity contribution is -0.116. The van der Waals surface area contributed by atoms with E-state index in [2.05, 4.69) is 25.9 Å². The average Bonchev–Trinajstić information content (AvgIpc) is 3.11. The van der Waals surface area contributed by atoms with Crippen LogP contribution in [0.5, 0.6) is 0 Å². The summed E-state index contributed by atoms with van der Waals surface area (Å²) in [5.41, 5.74) is 2.27. The summed E-state index contributed by atoms with van der Waals surface area (Å²) in [6.45, 7) is 8.72. The molecule has 26 heavy (non-hydrogen) atoms. The van der Waals surface area contributed by atoms with Gasteiger partial charge < -0.3 is 4.74 Å². The molecule has 2 bridgehead atoms. The zero-order chi connectivity index (χ0) is 18.7. The first-order valence-corrected chi connectivity index (χ1v) is 9.40. The minimum atomic E-state index is -0.279. The van der Waals surface area contributed by atoms with Gasteiger partial charge in [0.1, 0.15) is 6.10 Å². The molecule has 2 unspecified atom stereocenters. The van der Waals surface area contributed by atoms with E-state index in [1.165, 1.54) is 11.4 Å². The lowest BCUT2D eigenvalue weighted by Crippen LogP contribution is -2.38. The number of rotatable bonds is 3. The van der Waals surface area contributed by atoms with Crippen LogP contribution in [0.3, 0.4) is 0 Å². The Balaban J connectivity index is 1.47. The van der Waals surface area contributed by atoms with Crippen molar-refractivity contribution in [2.75, 3.05) is 5.01 Å². The van der Waals surface area contributed by atoms with Gasteiger partial charge >= 0.3 is 5.97 Å². The molecule has 1 aromatic carbocycles. The van der Waals surface area contributed by atoms with Crippen molar-refractivity contribution in [3.63, 3.8) is 0 Å². The highest BCUT2D eigenvalue weighted by molar-refractivity contribution is 6.12. The Hall–Kier alpha value is -2.17. The maximum Gasteiger partial charge on any atom is 0.338 e.